The normalized spacial score (nSPS) is 16.4. The highest BCUT2D eigenvalue weighted by atomic mass is 15.6. The molecule has 2 aromatic heterocycles. The summed E-state index contributed by atoms with van der Waals surface area (Å²) in [7, 11) is 0. The zero-order valence-corrected chi connectivity index (χ0v) is 16.0. The van der Waals surface area contributed by atoms with E-state index in [1.165, 1.54) is 0 Å². The van der Waals surface area contributed by atoms with E-state index in [-0.39, 0.29) is 0 Å². The lowest BCUT2D eigenvalue weighted by Crippen LogP contribution is -2.46. The highest BCUT2D eigenvalue weighted by molar-refractivity contribution is 4.86. The van der Waals surface area contributed by atoms with Crippen molar-refractivity contribution < 1.29 is 0 Å². The van der Waals surface area contributed by atoms with Crippen molar-refractivity contribution in [2.45, 2.75) is 65.7 Å². The van der Waals surface area contributed by atoms with Gasteiger partial charge in [-0.25, -0.2) is 9.36 Å². The zero-order chi connectivity index (χ0) is 18.2. The van der Waals surface area contributed by atoms with Gasteiger partial charge in [-0.05, 0) is 33.7 Å². The predicted molar refractivity (Wildman–Crippen MR) is 96.0 cm³/mol. The minimum absolute atomic E-state index is 0.818. The fourth-order valence-electron chi connectivity index (χ4n) is 3.14. The fraction of sp³-hybridized carbons (Fsp3) is 0.875. The summed E-state index contributed by atoms with van der Waals surface area (Å²) in [5, 5.41) is 24.3. The van der Waals surface area contributed by atoms with E-state index in [2.05, 4.69) is 54.7 Å². The van der Waals surface area contributed by atoms with Crippen LogP contribution in [0.5, 0.6) is 0 Å². The average molecular weight is 362 g/mol. The molecule has 0 amide bonds. The van der Waals surface area contributed by atoms with E-state index in [4.69, 9.17) is 0 Å². The van der Waals surface area contributed by atoms with E-state index in [0.717, 1.165) is 89.7 Å². The topological polar surface area (TPSA) is 93.7 Å². The zero-order valence-electron chi connectivity index (χ0n) is 16.0. The number of aromatic nitrogens is 8. The molecule has 0 aromatic carbocycles. The summed E-state index contributed by atoms with van der Waals surface area (Å²) in [4.78, 5) is 4.84. The lowest BCUT2D eigenvalue weighted by molar-refractivity contribution is 0.115. The maximum absolute atomic E-state index is 4.20. The summed E-state index contributed by atoms with van der Waals surface area (Å²) in [5.41, 5.74) is 0. The van der Waals surface area contributed by atoms with Crippen LogP contribution >= 0.6 is 0 Å². The van der Waals surface area contributed by atoms with E-state index < -0.39 is 0 Å². The molecule has 0 spiro atoms. The van der Waals surface area contributed by atoms with Crippen LogP contribution < -0.4 is 0 Å². The number of nitrogens with zero attached hydrogens (tertiary/aromatic N) is 10. The summed E-state index contributed by atoms with van der Waals surface area (Å²) in [5.74, 6) is 1.94. The van der Waals surface area contributed by atoms with Crippen molar-refractivity contribution in [2.24, 2.45) is 0 Å². The van der Waals surface area contributed by atoms with Gasteiger partial charge in [0, 0.05) is 39.3 Å². The summed E-state index contributed by atoms with van der Waals surface area (Å²) in [6.07, 6.45) is 4.52. The number of hydrogen-bond acceptors (Lipinski definition) is 8. The molecule has 2 aromatic rings. The molecule has 1 aliphatic rings. The van der Waals surface area contributed by atoms with Gasteiger partial charge in [-0.2, -0.15) is 0 Å². The Morgan fingerprint density at radius 1 is 0.692 bits per heavy atom. The largest absolute Gasteiger partial charge is 0.293 e. The first-order chi connectivity index (χ1) is 12.8. The number of aryl methyl sites for hydroxylation is 2. The van der Waals surface area contributed by atoms with Gasteiger partial charge >= 0.3 is 0 Å². The Morgan fingerprint density at radius 2 is 1.12 bits per heavy atom. The molecule has 1 saturated heterocycles. The van der Waals surface area contributed by atoms with Crippen LogP contribution in [0.1, 0.15) is 51.2 Å². The first kappa shape index (κ1) is 18.8. The summed E-state index contributed by atoms with van der Waals surface area (Å²) in [6.45, 7) is 11.8. The smallest absolute Gasteiger partial charge is 0.165 e. The molecular formula is C16H30N10. The molecule has 26 heavy (non-hydrogen) atoms. The van der Waals surface area contributed by atoms with Crippen molar-refractivity contribution in [1.82, 2.24) is 50.2 Å². The van der Waals surface area contributed by atoms with Crippen molar-refractivity contribution in [3.63, 3.8) is 0 Å². The third-order valence-corrected chi connectivity index (χ3v) is 4.85. The van der Waals surface area contributed by atoms with Crippen LogP contribution in [0.25, 0.3) is 0 Å². The third-order valence-electron chi connectivity index (χ3n) is 4.85. The van der Waals surface area contributed by atoms with Crippen LogP contribution in [-0.4, -0.2) is 76.4 Å². The van der Waals surface area contributed by atoms with Gasteiger partial charge in [-0.15, -0.1) is 10.2 Å². The van der Waals surface area contributed by atoms with Crippen LogP contribution in [0.15, 0.2) is 0 Å². The van der Waals surface area contributed by atoms with Crippen molar-refractivity contribution in [3.8, 4) is 0 Å². The van der Waals surface area contributed by atoms with Gasteiger partial charge in [0.05, 0.1) is 13.1 Å². The minimum Gasteiger partial charge on any atom is -0.293 e. The Hall–Kier alpha value is -1.94. The number of hydrogen-bond donors (Lipinski definition) is 0. The van der Waals surface area contributed by atoms with Crippen molar-refractivity contribution in [1.29, 1.82) is 0 Å². The second kappa shape index (κ2) is 9.67. The molecule has 10 heteroatoms. The molecule has 0 aliphatic carbocycles. The van der Waals surface area contributed by atoms with E-state index in [1.807, 2.05) is 9.36 Å². The van der Waals surface area contributed by atoms with Crippen molar-refractivity contribution >= 4 is 0 Å². The molecule has 3 heterocycles. The Kier molecular flexibility index (Phi) is 7.01. The molecule has 0 radical (unpaired) electrons. The maximum Gasteiger partial charge on any atom is 0.165 e. The van der Waals surface area contributed by atoms with E-state index in [0.29, 0.717) is 0 Å². The molecule has 0 N–H and O–H groups in total. The minimum atomic E-state index is 0.818. The molecule has 3 rings (SSSR count). The lowest BCUT2D eigenvalue weighted by atomic mass is 10.3. The molecule has 0 saturated carbocycles. The number of rotatable bonds is 10. The standard InChI is InChI=1S/C16H30N10/c1-3-5-7-25-15(17-19-21-25)13-23-9-11-24(12-10-23)14-16-18-20-22-26(16)8-6-4-2/h3-14H2,1-2H3. The van der Waals surface area contributed by atoms with Crippen LogP contribution in [-0.2, 0) is 26.2 Å². The van der Waals surface area contributed by atoms with E-state index >= 15 is 0 Å². The highest BCUT2D eigenvalue weighted by Crippen LogP contribution is 2.10. The van der Waals surface area contributed by atoms with Gasteiger partial charge in [0.1, 0.15) is 0 Å². The molecule has 10 nitrogen and oxygen atoms in total. The first-order valence-corrected chi connectivity index (χ1v) is 9.75. The van der Waals surface area contributed by atoms with Gasteiger partial charge in [0.25, 0.3) is 0 Å². The van der Waals surface area contributed by atoms with Crippen LogP contribution in [0.4, 0.5) is 0 Å². The second-order valence-corrected chi connectivity index (χ2v) is 6.90. The van der Waals surface area contributed by atoms with Crippen LogP contribution in [0, 0.1) is 0 Å². The van der Waals surface area contributed by atoms with Gasteiger partial charge in [0.15, 0.2) is 11.6 Å². The Morgan fingerprint density at radius 3 is 1.50 bits per heavy atom. The van der Waals surface area contributed by atoms with Crippen LogP contribution in [0.2, 0.25) is 0 Å². The molecule has 1 fully saturated rings. The van der Waals surface area contributed by atoms with E-state index in [1.54, 1.807) is 0 Å². The summed E-state index contributed by atoms with van der Waals surface area (Å²) in [6, 6.07) is 0. The Labute approximate surface area is 154 Å². The molecule has 0 unspecified atom stereocenters. The predicted octanol–water partition coefficient (Wildman–Crippen LogP) is 0.578. The van der Waals surface area contributed by atoms with Crippen molar-refractivity contribution in [2.75, 3.05) is 26.2 Å². The third kappa shape index (κ3) is 5.04. The number of piperazine rings is 1. The van der Waals surface area contributed by atoms with E-state index in [9.17, 15) is 0 Å². The summed E-state index contributed by atoms with van der Waals surface area (Å²) < 4.78 is 3.88. The number of unbranched alkanes of at least 4 members (excludes halogenated alkanes) is 2. The maximum atomic E-state index is 4.20. The van der Waals surface area contributed by atoms with Gasteiger partial charge in [-0.1, -0.05) is 26.7 Å². The van der Waals surface area contributed by atoms with Gasteiger partial charge in [-0.3, -0.25) is 9.80 Å². The molecular weight excluding hydrogens is 332 g/mol. The number of tetrazole rings is 2. The Balaban J connectivity index is 1.46. The SMILES string of the molecule is CCCCn1nnnc1CN1CCN(Cc2nnnn2CCCC)CC1. The van der Waals surface area contributed by atoms with Gasteiger partial charge < -0.3 is 0 Å². The highest BCUT2D eigenvalue weighted by Gasteiger charge is 2.21. The molecule has 144 valence electrons. The fourth-order valence-corrected chi connectivity index (χ4v) is 3.14. The molecule has 1 aliphatic heterocycles. The molecule has 0 atom stereocenters. The first-order valence-electron chi connectivity index (χ1n) is 9.75. The lowest BCUT2D eigenvalue weighted by Gasteiger charge is -2.33. The monoisotopic (exact) mass is 362 g/mol. The van der Waals surface area contributed by atoms with Crippen LogP contribution in [0.3, 0.4) is 0 Å². The quantitative estimate of drug-likeness (QED) is 0.606. The second-order valence-electron chi connectivity index (χ2n) is 6.90. The van der Waals surface area contributed by atoms with Gasteiger partial charge in [0.2, 0.25) is 0 Å². The Bertz CT molecular complexity index is 587. The van der Waals surface area contributed by atoms with Crippen molar-refractivity contribution in [3.05, 3.63) is 11.6 Å². The summed E-state index contributed by atoms with van der Waals surface area (Å²) >= 11 is 0. The average Bonchev–Trinajstić information content (AvgIpc) is 3.29. The molecule has 0 bridgehead atoms.